The molecule has 0 aromatic carbocycles. The molecule has 1 N–H and O–H groups in total. The monoisotopic (exact) mass is 211 g/mol. The normalized spacial score (nSPS) is 27.5. The van der Waals surface area contributed by atoms with Crippen molar-refractivity contribution >= 4 is 5.97 Å². The molecule has 2 aliphatic rings. The first kappa shape index (κ1) is 10.9. The molecule has 0 unspecified atom stereocenters. The largest absolute Gasteiger partial charge is 0.480 e. The second kappa shape index (κ2) is 4.52. The van der Waals surface area contributed by atoms with Gasteiger partial charge in [-0.2, -0.15) is 0 Å². The second-order valence-corrected chi connectivity index (χ2v) is 4.95. The number of hydrogen-bond acceptors (Lipinski definition) is 2. The summed E-state index contributed by atoms with van der Waals surface area (Å²) in [4.78, 5) is 13.8. The van der Waals surface area contributed by atoms with Crippen molar-refractivity contribution in [1.29, 1.82) is 0 Å². The number of nitrogens with zero attached hydrogens (tertiary/aromatic N) is 1. The van der Waals surface area contributed by atoms with Crippen LogP contribution in [0.3, 0.4) is 0 Å². The molecule has 15 heavy (non-hydrogen) atoms. The van der Waals surface area contributed by atoms with Gasteiger partial charge < -0.3 is 5.11 Å². The molecule has 1 aliphatic heterocycles. The molecule has 86 valence electrons. The Kier molecular flexibility index (Phi) is 3.29. The van der Waals surface area contributed by atoms with Gasteiger partial charge in [0.25, 0.3) is 0 Å². The Labute approximate surface area is 91.5 Å². The zero-order valence-corrected chi connectivity index (χ0v) is 9.37. The minimum Gasteiger partial charge on any atom is -0.480 e. The SMILES string of the molecule is O=C(O)C1(N2CCCCC2)CCCCC1. The molecule has 2 fully saturated rings. The Morgan fingerprint density at radius 1 is 0.933 bits per heavy atom. The van der Waals surface area contributed by atoms with Crippen LogP contribution in [0.5, 0.6) is 0 Å². The summed E-state index contributed by atoms with van der Waals surface area (Å²) in [5.74, 6) is -0.580. The summed E-state index contributed by atoms with van der Waals surface area (Å²) in [6.07, 6.45) is 8.73. The quantitative estimate of drug-likeness (QED) is 0.761. The van der Waals surface area contributed by atoms with Crippen LogP contribution < -0.4 is 0 Å². The molecule has 0 aromatic heterocycles. The highest BCUT2D eigenvalue weighted by atomic mass is 16.4. The summed E-state index contributed by atoms with van der Waals surface area (Å²) in [6, 6.07) is 0. The lowest BCUT2D eigenvalue weighted by molar-refractivity contribution is -0.155. The van der Waals surface area contributed by atoms with Crippen LogP contribution in [0.25, 0.3) is 0 Å². The van der Waals surface area contributed by atoms with E-state index in [2.05, 4.69) is 4.90 Å². The van der Waals surface area contributed by atoms with E-state index in [0.29, 0.717) is 0 Å². The Hall–Kier alpha value is -0.570. The maximum atomic E-state index is 11.5. The van der Waals surface area contributed by atoms with E-state index in [-0.39, 0.29) is 0 Å². The maximum Gasteiger partial charge on any atom is 0.324 e. The smallest absolute Gasteiger partial charge is 0.324 e. The highest BCUT2D eigenvalue weighted by Crippen LogP contribution is 2.35. The number of piperidine rings is 1. The molecule has 3 nitrogen and oxygen atoms in total. The molecule has 1 saturated heterocycles. The molecule has 1 aliphatic carbocycles. The summed E-state index contributed by atoms with van der Waals surface area (Å²) in [7, 11) is 0. The van der Waals surface area contributed by atoms with Crippen molar-refractivity contribution in [1.82, 2.24) is 4.90 Å². The van der Waals surface area contributed by atoms with Gasteiger partial charge in [0.15, 0.2) is 0 Å². The first-order chi connectivity index (χ1) is 7.26. The summed E-state index contributed by atoms with van der Waals surface area (Å²) in [6.45, 7) is 1.98. The Balaban J connectivity index is 2.12. The standard InChI is InChI=1S/C12H21NO2/c14-11(15)12(7-3-1-4-8-12)13-9-5-2-6-10-13/h1-10H2,(H,14,15). The molecule has 0 bridgehead atoms. The van der Waals surface area contributed by atoms with Crippen molar-refractivity contribution in [3.8, 4) is 0 Å². The third-order valence-corrected chi connectivity index (χ3v) is 4.04. The average Bonchev–Trinajstić information content (AvgIpc) is 2.31. The molecule has 0 aromatic rings. The molecule has 0 amide bonds. The topological polar surface area (TPSA) is 40.5 Å². The van der Waals surface area contributed by atoms with Gasteiger partial charge in [-0.25, -0.2) is 0 Å². The first-order valence-corrected chi connectivity index (χ1v) is 6.24. The van der Waals surface area contributed by atoms with Gasteiger partial charge in [-0.05, 0) is 38.8 Å². The van der Waals surface area contributed by atoms with Gasteiger partial charge in [0.2, 0.25) is 0 Å². The van der Waals surface area contributed by atoms with Gasteiger partial charge in [-0.3, -0.25) is 9.69 Å². The molecular formula is C12H21NO2. The number of aliphatic carboxylic acids is 1. The third-order valence-electron chi connectivity index (χ3n) is 4.04. The number of rotatable bonds is 2. The van der Waals surface area contributed by atoms with Crippen LogP contribution in [0.4, 0.5) is 0 Å². The maximum absolute atomic E-state index is 11.5. The van der Waals surface area contributed by atoms with Crippen molar-refractivity contribution in [2.45, 2.75) is 56.9 Å². The van der Waals surface area contributed by atoms with Gasteiger partial charge in [0, 0.05) is 0 Å². The zero-order valence-electron chi connectivity index (χ0n) is 9.37. The van der Waals surface area contributed by atoms with Crippen LogP contribution in [-0.4, -0.2) is 34.6 Å². The summed E-state index contributed by atoms with van der Waals surface area (Å²) >= 11 is 0. The van der Waals surface area contributed by atoms with Crippen molar-refractivity contribution in [2.24, 2.45) is 0 Å². The minimum absolute atomic E-state index is 0.501. The fourth-order valence-corrected chi connectivity index (χ4v) is 3.12. The van der Waals surface area contributed by atoms with Crippen LogP contribution in [-0.2, 0) is 4.79 Å². The van der Waals surface area contributed by atoms with E-state index < -0.39 is 11.5 Å². The van der Waals surface area contributed by atoms with Gasteiger partial charge in [0.1, 0.15) is 5.54 Å². The fraction of sp³-hybridized carbons (Fsp3) is 0.917. The number of carboxylic acids is 1. The van der Waals surface area contributed by atoms with E-state index in [0.717, 1.165) is 38.8 Å². The number of hydrogen-bond donors (Lipinski definition) is 1. The third kappa shape index (κ3) is 2.03. The van der Waals surface area contributed by atoms with E-state index >= 15 is 0 Å². The predicted octanol–water partition coefficient (Wildman–Crippen LogP) is 2.26. The Bertz CT molecular complexity index is 228. The van der Waals surface area contributed by atoms with Crippen molar-refractivity contribution < 1.29 is 9.90 Å². The fourth-order valence-electron chi connectivity index (χ4n) is 3.12. The highest BCUT2D eigenvalue weighted by Gasteiger charge is 2.44. The number of likely N-dealkylation sites (tertiary alicyclic amines) is 1. The number of carbonyl (C=O) groups is 1. The molecule has 0 spiro atoms. The van der Waals surface area contributed by atoms with E-state index in [1.165, 1.54) is 25.7 Å². The average molecular weight is 211 g/mol. The van der Waals surface area contributed by atoms with Crippen molar-refractivity contribution in [3.05, 3.63) is 0 Å². The summed E-state index contributed by atoms with van der Waals surface area (Å²) in [5, 5.41) is 9.50. The molecule has 0 radical (unpaired) electrons. The lowest BCUT2D eigenvalue weighted by atomic mass is 9.79. The molecule has 0 atom stereocenters. The van der Waals surface area contributed by atoms with Crippen LogP contribution in [0, 0.1) is 0 Å². The lowest BCUT2D eigenvalue weighted by Gasteiger charge is -2.44. The van der Waals surface area contributed by atoms with Gasteiger partial charge in [-0.15, -0.1) is 0 Å². The predicted molar refractivity (Wildman–Crippen MR) is 58.9 cm³/mol. The molecule has 1 heterocycles. The first-order valence-electron chi connectivity index (χ1n) is 6.24. The van der Waals surface area contributed by atoms with Crippen LogP contribution in [0.15, 0.2) is 0 Å². The molecular weight excluding hydrogens is 190 g/mol. The van der Waals surface area contributed by atoms with E-state index in [4.69, 9.17) is 0 Å². The van der Waals surface area contributed by atoms with E-state index in [1.807, 2.05) is 0 Å². The number of carboxylic acid groups (broad SMARTS) is 1. The van der Waals surface area contributed by atoms with Gasteiger partial charge in [0.05, 0.1) is 0 Å². The zero-order chi connectivity index (χ0) is 10.7. The summed E-state index contributed by atoms with van der Waals surface area (Å²) in [5.41, 5.74) is -0.501. The molecule has 3 heteroatoms. The van der Waals surface area contributed by atoms with Crippen molar-refractivity contribution in [2.75, 3.05) is 13.1 Å². The minimum atomic E-state index is -0.580. The second-order valence-electron chi connectivity index (χ2n) is 4.95. The molecule has 1 saturated carbocycles. The van der Waals surface area contributed by atoms with E-state index in [9.17, 15) is 9.90 Å². The molecule has 2 rings (SSSR count). The Morgan fingerprint density at radius 3 is 2.00 bits per heavy atom. The summed E-state index contributed by atoms with van der Waals surface area (Å²) < 4.78 is 0. The highest BCUT2D eigenvalue weighted by molar-refractivity contribution is 5.79. The Morgan fingerprint density at radius 2 is 1.47 bits per heavy atom. The lowest BCUT2D eigenvalue weighted by Crippen LogP contribution is -2.57. The van der Waals surface area contributed by atoms with Gasteiger partial charge in [-0.1, -0.05) is 25.7 Å². The van der Waals surface area contributed by atoms with E-state index in [1.54, 1.807) is 0 Å². The van der Waals surface area contributed by atoms with Crippen LogP contribution in [0.2, 0.25) is 0 Å². The van der Waals surface area contributed by atoms with Crippen LogP contribution in [0.1, 0.15) is 51.4 Å². The van der Waals surface area contributed by atoms with Crippen molar-refractivity contribution in [3.63, 3.8) is 0 Å². The van der Waals surface area contributed by atoms with Crippen LogP contribution >= 0.6 is 0 Å². The van der Waals surface area contributed by atoms with Gasteiger partial charge >= 0.3 is 5.97 Å².